The summed E-state index contributed by atoms with van der Waals surface area (Å²) in [4.78, 5) is 13.2. The highest BCUT2D eigenvalue weighted by Gasteiger charge is 2.23. The van der Waals surface area contributed by atoms with Crippen LogP contribution in [-0.2, 0) is 4.79 Å². The van der Waals surface area contributed by atoms with E-state index in [1.807, 2.05) is 30.3 Å². The summed E-state index contributed by atoms with van der Waals surface area (Å²) in [5.41, 5.74) is 0. The van der Waals surface area contributed by atoms with Crippen molar-refractivity contribution >= 4 is 5.97 Å². The lowest BCUT2D eigenvalue weighted by Crippen LogP contribution is -2.37. The second-order valence-electron chi connectivity index (χ2n) is 4.97. The second-order valence-corrected chi connectivity index (χ2v) is 4.97. The molecule has 0 radical (unpaired) electrons. The molecule has 0 aromatic heterocycles. The summed E-state index contributed by atoms with van der Waals surface area (Å²) in [5.74, 6) is 0.121. The largest absolute Gasteiger partial charge is 0.494 e. The van der Waals surface area contributed by atoms with Gasteiger partial charge in [0.1, 0.15) is 5.75 Å². The molecule has 0 amide bonds. The summed E-state index contributed by atoms with van der Waals surface area (Å²) < 4.78 is 5.64. The molecular formula is C15H21NO3. The molecule has 1 fully saturated rings. The lowest BCUT2D eigenvalue weighted by Gasteiger charge is -2.29. The maximum atomic E-state index is 10.8. The Labute approximate surface area is 114 Å². The number of para-hydroxylation sites is 1. The van der Waals surface area contributed by atoms with Crippen molar-refractivity contribution in [3.05, 3.63) is 30.3 Å². The number of carbonyl (C=O) groups is 1. The van der Waals surface area contributed by atoms with E-state index in [1.165, 1.54) is 0 Å². The number of hydrogen-bond donors (Lipinski definition) is 1. The number of carboxylic acid groups (broad SMARTS) is 1. The molecule has 1 aromatic carbocycles. The van der Waals surface area contributed by atoms with Crippen LogP contribution in [0.25, 0.3) is 0 Å². The van der Waals surface area contributed by atoms with E-state index in [0.717, 1.165) is 44.6 Å². The van der Waals surface area contributed by atoms with Crippen LogP contribution in [0.2, 0.25) is 0 Å². The lowest BCUT2D eigenvalue weighted by molar-refractivity contribution is -0.143. The molecule has 2 rings (SSSR count). The zero-order valence-electron chi connectivity index (χ0n) is 11.1. The molecule has 1 aliphatic heterocycles. The average Bonchev–Trinajstić information content (AvgIpc) is 2.45. The highest BCUT2D eigenvalue weighted by molar-refractivity contribution is 5.70. The van der Waals surface area contributed by atoms with Gasteiger partial charge in [0.2, 0.25) is 0 Å². The van der Waals surface area contributed by atoms with Gasteiger partial charge in [0.25, 0.3) is 0 Å². The van der Waals surface area contributed by atoms with Crippen molar-refractivity contribution in [3.8, 4) is 5.75 Å². The van der Waals surface area contributed by atoms with Gasteiger partial charge in [0.05, 0.1) is 12.5 Å². The maximum absolute atomic E-state index is 10.8. The van der Waals surface area contributed by atoms with Crippen LogP contribution in [0.5, 0.6) is 5.75 Å². The number of hydrogen-bond acceptors (Lipinski definition) is 3. The fourth-order valence-electron chi connectivity index (χ4n) is 2.40. The Morgan fingerprint density at radius 1 is 1.26 bits per heavy atom. The molecule has 1 saturated heterocycles. The number of piperidine rings is 1. The maximum Gasteiger partial charge on any atom is 0.306 e. The smallest absolute Gasteiger partial charge is 0.306 e. The number of ether oxygens (including phenoxy) is 1. The van der Waals surface area contributed by atoms with E-state index in [4.69, 9.17) is 9.84 Å². The van der Waals surface area contributed by atoms with Crippen molar-refractivity contribution in [1.29, 1.82) is 0 Å². The van der Waals surface area contributed by atoms with E-state index in [9.17, 15) is 4.79 Å². The van der Waals surface area contributed by atoms with Gasteiger partial charge < -0.3 is 14.7 Å². The molecule has 1 N–H and O–H groups in total. The Kier molecular flexibility index (Phi) is 5.21. The Hall–Kier alpha value is -1.55. The minimum absolute atomic E-state index is 0.142. The first-order chi connectivity index (χ1) is 9.25. The predicted molar refractivity (Wildman–Crippen MR) is 73.4 cm³/mol. The van der Waals surface area contributed by atoms with Crippen LogP contribution in [-0.4, -0.2) is 42.2 Å². The van der Waals surface area contributed by atoms with E-state index in [2.05, 4.69) is 4.90 Å². The molecule has 0 aliphatic carbocycles. The molecule has 0 atom stereocenters. The first kappa shape index (κ1) is 13.9. The van der Waals surface area contributed by atoms with Gasteiger partial charge in [-0.25, -0.2) is 0 Å². The molecule has 1 heterocycles. The van der Waals surface area contributed by atoms with Crippen LogP contribution in [0.15, 0.2) is 30.3 Å². The van der Waals surface area contributed by atoms with Crippen LogP contribution in [0.3, 0.4) is 0 Å². The molecule has 0 bridgehead atoms. The van der Waals surface area contributed by atoms with Gasteiger partial charge >= 0.3 is 5.97 Å². The zero-order valence-corrected chi connectivity index (χ0v) is 11.1. The summed E-state index contributed by atoms with van der Waals surface area (Å²) in [6, 6.07) is 9.81. The van der Waals surface area contributed by atoms with Crippen molar-refractivity contribution in [1.82, 2.24) is 4.90 Å². The highest BCUT2D eigenvalue weighted by atomic mass is 16.5. The van der Waals surface area contributed by atoms with Crippen molar-refractivity contribution in [2.45, 2.75) is 19.3 Å². The topological polar surface area (TPSA) is 49.8 Å². The summed E-state index contributed by atoms with van der Waals surface area (Å²) in [6.45, 7) is 3.48. The number of likely N-dealkylation sites (tertiary alicyclic amines) is 1. The molecule has 1 aliphatic rings. The fraction of sp³-hybridized carbons (Fsp3) is 0.533. The molecule has 104 valence electrons. The summed E-state index contributed by atoms with van der Waals surface area (Å²) in [7, 11) is 0. The minimum Gasteiger partial charge on any atom is -0.494 e. The predicted octanol–water partition coefficient (Wildman–Crippen LogP) is 2.25. The highest BCUT2D eigenvalue weighted by Crippen LogP contribution is 2.17. The zero-order chi connectivity index (χ0) is 13.5. The first-order valence-corrected chi connectivity index (χ1v) is 6.89. The SMILES string of the molecule is O=C(O)C1CCN(CCCOc2ccccc2)CC1. The summed E-state index contributed by atoms with van der Waals surface area (Å²) >= 11 is 0. The number of aliphatic carboxylic acids is 1. The quantitative estimate of drug-likeness (QED) is 0.800. The van der Waals surface area contributed by atoms with Gasteiger partial charge in [0.15, 0.2) is 0 Å². The van der Waals surface area contributed by atoms with E-state index >= 15 is 0 Å². The number of benzene rings is 1. The molecule has 4 nitrogen and oxygen atoms in total. The van der Waals surface area contributed by atoms with Gasteiger partial charge in [0, 0.05) is 6.54 Å². The van der Waals surface area contributed by atoms with Crippen LogP contribution < -0.4 is 4.74 Å². The first-order valence-electron chi connectivity index (χ1n) is 6.89. The normalized spacial score (nSPS) is 17.3. The minimum atomic E-state index is -0.646. The molecule has 0 saturated carbocycles. The van der Waals surface area contributed by atoms with Crippen molar-refractivity contribution in [2.24, 2.45) is 5.92 Å². The molecule has 4 heteroatoms. The van der Waals surface area contributed by atoms with E-state index in [1.54, 1.807) is 0 Å². The standard InChI is InChI=1S/C15H21NO3/c17-15(18)13-7-10-16(11-8-13)9-4-12-19-14-5-2-1-3-6-14/h1-3,5-6,13H,4,7-12H2,(H,17,18). The monoisotopic (exact) mass is 263 g/mol. The second kappa shape index (κ2) is 7.14. The van der Waals surface area contributed by atoms with E-state index in [-0.39, 0.29) is 5.92 Å². The number of carboxylic acids is 1. The average molecular weight is 263 g/mol. The lowest BCUT2D eigenvalue weighted by atomic mass is 9.97. The van der Waals surface area contributed by atoms with Gasteiger partial charge in [-0.3, -0.25) is 4.79 Å². The number of nitrogens with zero attached hydrogens (tertiary/aromatic N) is 1. The molecule has 0 spiro atoms. The van der Waals surface area contributed by atoms with Gasteiger partial charge in [-0.2, -0.15) is 0 Å². The van der Waals surface area contributed by atoms with Crippen molar-refractivity contribution in [2.75, 3.05) is 26.2 Å². The summed E-state index contributed by atoms with van der Waals surface area (Å²) in [5, 5.41) is 8.93. The third kappa shape index (κ3) is 4.56. The Bertz CT molecular complexity index is 386. The van der Waals surface area contributed by atoms with Crippen LogP contribution in [0.1, 0.15) is 19.3 Å². The molecular weight excluding hydrogens is 242 g/mol. The van der Waals surface area contributed by atoms with Crippen LogP contribution in [0.4, 0.5) is 0 Å². The summed E-state index contributed by atoms with van der Waals surface area (Å²) in [6.07, 6.45) is 2.52. The van der Waals surface area contributed by atoms with Crippen LogP contribution in [0, 0.1) is 5.92 Å². The van der Waals surface area contributed by atoms with Crippen LogP contribution >= 0.6 is 0 Å². The van der Waals surface area contributed by atoms with E-state index < -0.39 is 5.97 Å². The van der Waals surface area contributed by atoms with E-state index in [0.29, 0.717) is 6.61 Å². The van der Waals surface area contributed by atoms with Gasteiger partial charge in [-0.15, -0.1) is 0 Å². The Balaban J connectivity index is 1.58. The molecule has 19 heavy (non-hydrogen) atoms. The fourth-order valence-corrected chi connectivity index (χ4v) is 2.40. The third-order valence-electron chi connectivity index (χ3n) is 3.57. The third-order valence-corrected chi connectivity index (χ3v) is 3.57. The number of rotatable bonds is 6. The van der Waals surface area contributed by atoms with Gasteiger partial charge in [-0.1, -0.05) is 18.2 Å². The van der Waals surface area contributed by atoms with Crippen molar-refractivity contribution < 1.29 is 14.6 Å². The Morgan fingerprint density at radius 3 is 2.58 bits per heavy atom. The Morgan fingerprint density at radius 2 is 1.95 bits per heavy atom. The molecule has 0 unspecified atom stereocenters. The molecule has 1 aromatic rings. The van der Waals surface area contributed by atoms with Gasteiger partial charge in [-0.05, 0) is 44.5 Å². The van der Waals surface area contributed by atoms with Crippen molar-refractivity contribution in [3.63, 3.8) is 0 Å².